The molecule has 0 aliphatic rings. The Morgan fingerprint density at radius 3 is 1.15 bits per heavy atom. The molecular weight excluding hydrogens is 638 g/mol. The summed E-state index contributed by atoms with van der Waals surface area (Å²) >= 11 is -0.622. The van der Waals surface area contributed by atoms with Gasteiger partial charge in [-0.05, 0) is 70.1 Å². The molecule has 0 aliphatic heterocycles. The van der Waals surface area contributed by atoms with Crippen molar-refractivity contribution in [1.82, 2.24) is 0 Å². The van der Waals surface area contributed by atoms with Gasteiger partial charge in [-0.1, -0.05) is 84.9 Å². The summed E-state index contributed by atoms with van der Waals surface area (Å²) in [7, 11) is 0. The summed E-state index contributed by atoms with van der Waals surface area (Å²) in [6, 6.07) is 49.3. The first-order valence-electron chi connectivity index (χ1n) is 11.3. The maximum absolute atomic E-state index is 2.39. The molecule has 2 heteroatoms. The van der Waals surface area contributed by atoms with Crippen LogP contribution in [0.2, 0.25) is 0 Å². The van der Waals surface area contributed by atoms with Crippen LogP contribution < -0.4 is 42.4 Å². The van der Waals surface area contributed by atoms with Crippen LogP contribution in [0.4, 0.5) is 0 Å². The molecular formula is C32H22I2+2. The maximum atomic E-state index is 2.39. The van der Waals surface area contributed by atoms with Crippen molar-refractivity contribution in [3.8, 4) is 11.1 Å². The van der Waals surface area contributed by atoms with E-state index in [1.54, 1.807) is 0 Å². The molecule has 6 aromatic rings. The molecule has 162 valence electrons. The van der Waals surface area contributed by atoms with Gasteiger partial charge in [-0.25, -0.2) is 0 Å². The van der Waals surface area contributed by atoms with E-state index in [0.717, 1.165) is 0 Å². The van der Waals surface area contributed by atoms with Gasteiger partial charge in [0.25, 0.3) is 0 Å². The third-order valence-corrected chi connectivity index (χ3v) is 11.5. The second-order valence-corrected chi connectivity index (χ2v) is 14.0. The number of hydrogen-bond acceptors (Lipinski definition) is 0. The highest BCUT2D eigenvalue weighted by atomic mass is 127. The molecule has 0 amide bonds. The number of fused-ring (bicyclic) bond motifs is 2. The van der Waals surface area contributed by atoms with Crippen LogP contribution in [0.1, 0.15) is 0 Å². The lowest BCUT2D eigenvalue weighted by molar-refractivity contribution is -0.599. The molecule has 0 spiro atoms. The molecule has 34 heavy (non-hydrogen) atoms. The highest BCUT2D eigenvalue weighted by Crippen LogP contribution is 2.34. The molecule has 0 unspecified atom stereocenters. The zero-order chi connectivity index (χ0) is 22.7. The Kier molecular flexibility index (Phi) is 6.34. The van der Waals surface area contributed by atoms with E-state index in [9.17, 15) is 0 Å². The van der Waals surface area contributed by atoms with Gasteiger partial charge in [0.15, 0.2) is 7.14 Å². The minimum atomic E-state index is -0.311. The third-order valence-electron chi connectivity index (χ3n) is 5.89. The molecule has 0 saturated carbocycles. The second-order valence-electron chi connectivity index (χ2n) is 8.07. The van der Waals surface area contributed by atoms with Gasteiger partial charge in [0.1, 0.15) is 0 Å². The van der Waals surface area contributed by atoms with Crippen molar-refractivity contribution in [3.63, 3.8) is 0 Å². The Morgan fingerprint density at radius 1 is 0.324 bits per heavy atom. The van der Waals surface area contributed by atoms with Crippen LogP contribution >= 0.6 is 0 Å². The normalized spacial score (nSPS) is 11.2. The first-order chi connectivity index (χ1) is 16.9. The predicted octanol–water partition coefficient (Wildman–Crippen LogP) is 1.92. The Bertz CT molecular complexity index is 1470. The molecule has 0 radical (unpaired) electrons. The van der Waals surface area contributed by atoms with E-state index in [1.165, 1.54) is 47.0 Å². The van der Waals surface area contributed by atoms with E-state index >= 15 is 0 Å². The second kappa shape index (κ2) is 9.88. The van der Waals surface area contributed by atoms with E-state index in [0.29, 0.717) is 0 Å². The van der Waals surface area contributed by atoms with Crippen molar-refractivity contribution in [2.24, 2.45) is 0 Å². The minimum absolute atomic E-state index is 0.311. The van der Waals surface area contributed by atoms with Gasteiger partial charge in [0, 0.05) is 11.1 Å². The van der Waals surface area contributed by atoms with E-state index in [1.807, 2.05) is 0 Å². The molecule has 0 N–H and O–H groups in total. The van der Waals surface area contributed by atoms with Crippen LogP contribution in [0.3, 0.4) is 0 Å². The van der Waals surface area contributed by atoms with Crippen molar-refractivity contribution in [3.05, 3.63) is 148 Å². The van der Waals surface area contributed by atoms with E-state index in [4.69, 9.17) is 0 Å². The van der Waals surface area contributed by atoms with Crippen LogP contribution in [0.15, 0.2) is 133 Å². The number of hydrogen-bond donors (Lipinski definition) is 0. The summed E-state index contributed by atoms with van der Waals surface area (Å²) in [5.41, 5.74) is 2.88. The molecule has 0 fully saturated rings. The molecule has 0 bridgehead atoms. The molecule has 0 atom stereocenters. The summed E-state index contributed by atoms with van der Waals surface area (Å²) in [5, 5.41) is 5.36. The molecule has 0 aromatic heterocycles. The molecule has 0 aliphatic carbocycles. The fourth-order valence-electron chi connectivity index (χ4n) is 4.35. The molecule has 0 nitrogen and oxygen atoms in total. The average Bonchev–Trinajstić information content (AvgIpc) is 2.90. The highest BCUT2D eigenvalue weighted by molar-refractivity contribution is 6.05. The number of halogens is 2. The van der Waals surface area contributed by atoms with E-state index in [2.05, 4.69) is 133 Å². The number of benzene rings is 6. The van der Waals surface area contributed by atoms with Gasteiger partial charge in [-0.3, -0.25) is 0 Å². The highest BCUT2D eigenvalue weighted by Gasteiger charge is 2.30. The first-order valence-corrected chi connectivity index (χ1v) is 15.6. The summed E-state index contributed by atoms with van der Waals surface area (Å²) in [6.07, 6.45) is 0. The lowest BCUT2D eigenvalue weighted by atomic mass is 9.94. The Labute approximate surface area is 221 Å². The Balaban J connectivity index is 1.66. The van der Waals surface area contributed by atoms with Crippen LogP contribution in [0.5, 0.6) is 0 Å². The van der Waals surface area contributed by atoms with E-state index in [-0.39, 0.29) is 42.4 Å². The number of rotatable bonds is 5. The van der Waals surface area contributed by atoms with Gasteiger partial charge in [-0.15, -0.1) is 0 Å². The van der Waals surface area contributed by atoms with Crippen molar-refractivity contribution in [2.45, 2.75) is 0 Å². The average molecular weight is 660 g/mol. The summed E-state index contributed by atoms with van der Waals surface area (Å²) in [4.78, 5) is 0. The molecule has 6 rings (SSSR count). The van der Waals surface area contributed by atoms with E-state index < -0.39 is 0 Å². The van der Waals surface area contributed by atoms with Crippen molar-refractivity contribution in [1.29, 1.82) is 0 Å². The van der Waals surface area contributed by atoms with Crippen molar-refractivity contribution >= 4 is 21.5 Å². The SMILES string of the molecule is c1ccc([I+]c2ccc3ccccc3c2-c2c([I+]c3ccccc3)ccc3ccccc23)cc1. The van der Waals surface area contributed by atoms with Crippen LogP contribution in [-0.4, -0.2) is 0 Å². The lowest BCUT2D eigenvalue weighted by Gasteiger charge is -2.11. The minimum Gasteiger partial charge on any atom is -0.0619 e. The summed E-state index contributed by atoms with van der Waals surface area (Å²) < 4.78 is 5.91. The maximum Gasteiger partial charge on any atom is 0.358 e. The standard InChI is InChI=1S/C32H22I2/c1-3-13-25(14-4-1)33-29-21-19-23-11-7-9-17-27(23)31(29)32-28-18-10-8-12-24(28)20-22-30(32)34-26-15-5-2-6-16-26/h1-22H/q+2. The fraction of sp³-hybridized carbons (Fsp3) is 0. The smallest absolute Gasteiger partial charge is 0.0619 e. The first kappa shape index (κ1) is 21.8. The zero-order valence-electron chi connectivity index (χ0n) is 18.5. The molecule has 0 saturated heterocycles. The van der Waals surface area contributed by atoms with Gasteiger partial charge in [-0.2, -0.15) is 0 Å². The molecule has 6 aromatic carbocycles. The Morgan fingerprint density at radius 2 is 0.706 bits per heavy atom. The fourth-order valence-corrected chi connectivity index (χ4v) is 9.62. The quantitative estimate of drug-likeness (QED) is 0.248. The van der Waals surface area contributed by atoms with Crippen LogP contribution in [-0.2, 0) is 0 Å². The van der Waals surface area contributed by atoms with Crippen molar-refractivity contribution < 1.29 is 42.4 Å². The van der Waals surface area contributed by atoms with Gasteiger partial charge in [0.2, 0.25) is 7.14 Å². The van der Waals surface area contributed by atoms with Crippen molar-refractivity contribution in [2.75, 3.05) is 0 Å². The third kappa shape index (κ3) is 4.37. The van der Waals surface area contributed by atoms with Gasteiger partial charge < -0.3 is 0 Å². The predicted molar refractivity (Wildman–Crippen MR) is 135 cm³/mol. The topological polar surface area (TPSA) is 0 Å². The molecule has 0 heterocycles. The van der Waals surface area contributed by atoms with Crippen LogP contribution in [0, 0.1) is 14.3 Å². The Hall–Kier alpha value is -2.70. The van der Waals surface area contributed by atoms with Crippen LogP contribution in [0.25, 0.3) is 32.7 Å². The largest absolute Gasteiger partial charge is 0.358 e. The monoisotopic (exact) mass is 660 g/mol. The van der Waals surface area contributed by atoms with Gasteiger partial charge >= 0.3 is 42.4 Å². The lowest BCUT2D eigenvalue weighted by Crippen LogP contribution is -3.62. The zero-order valence-corrected chi connectivity index (χ0v) is 22.8. The summed E-state index contributed by atoms with van der Waals surface area (Å²) in [5.74, 6) is 0. The summed E-state index contributed by atoms with van der Waals surface area (Å²) in [6.45, 7) is 0. The van der Waals surface area contributed by atoms with Gasteiger partial charge in [0.05, 0.1) is 0 Å².